The standard InChI is InChI=1S/C66H50O2.C36H24Br2O2/c1-63(2)47-21-13-9-17-37(47)39-27-25-35(29-49(39)63)43-31-53-57(59-41-19-11-15-23-55(41)67-61(43)59)45-33-52-46(34-51(45)65(53,5)6)58-54(66(52,7)8)32-44(62-60(58)42-20-12-16-24-56(42)68-62)36-26-28-40-38-18-10-14-22-48(38)64(3,4)50(40)30-36;1-35(2)21-13-20-22(14-19(21)29-23(35)15-25(37)33-31(29)17-9-5-7-11-27(17)39-33)36(3,4)24-16-26(38)34-32(30(20)24)18-10-6-8-12-28(18)40-34/h9-34H,1-8H3;5-16H,1-4H3. The summed E-state index contributed by atoms with van der Waals surface area (Å²) in [5, 5.41) is 9.48. The molecule has 0 atom stereocenters. The molecule has 0 N–H and O–H groups in total. The van der Waals surface area contributed by atoms with E-state index >= 15 is 0 Å². The summed E-state index contributed by atoms with van der Waals surface area (Å²) < 4.78 is 28.9. The van der Waals surface area contributed by atoms with Crippen molar-refractivity contribution in [2.75, 3.05) is 0 Å². The second-order valence-corrected chi connectivity index (χ2v) is 36.4. The average Bonchev–Trinajstić information content (AvgIpc) is 1.51. The fourth-order valence-corrected chi connectivity index (χ4v) is 22.5. The van der Waals surface area contributed by atoms with Crippen LogP contribution >= 0.6 is 31.9 Å². The predicted molar refractivity (Wildman–Crippen MR) is 454 cm³/mol. The summed E-state index contributed by atoms with van der Waals surface area (Å²) >= 11 is 7.72. The lowest BCUT2D eigenvalue weighted by Gasteiger charge is -2.25. The monoisotopic (exact) mass is 1520 g/mol. The quantitative estimate of drug-likeness (QED) is 0.173. The predicted octanol–water partition coefficient (Wildman–Crippen LogP) is 29.7. The number of benzene rings is 14. The van der Waals surface area contributed by atoms with Gasteiger partial charge in [0.1, 0.15) is 44.7 Å². The number of para-hydroxylation sites is 4. The first-order valence-electron chi connectivity index (χ1n) is 38.1. The molecule has 14 aromatic carbocycles. The van der Waals surface area contributed by atoms with Gasteiger partial charge in [-0.2, -0.15) is 0 Å². The van der Waals surface area contributed by atoms with Gasteiger partial charge in [-0.1, -0.05) is 229 Å². The largest absolute Gasteiger partial charge is 0.455 e. The molecule has 18 aromatic rings. The number of hydrogen-bond acceptors (Lipinski definition) is 4. The van der Waals surface area contributed by atoms with Crippen LogP contribution in [0.1, 0.15) is 150 Å². The molecule has 0 radical (unpaired) electrons. The van der Waals surface area contributed by atoms with Crippen LogP contribution < -0.4 is 0 Å². The van der Waals surface area contributed by atoms with Gasteiger partial charge >= 0.3 is 0 Å². The molecule has 0 aliphatic heterocycles. The molecular weight excluding hydrogens is 1450 g/mol. The number of rotatable bonds is 2. The van der Waals surface area contributed by atoms with Gasteiger partial charge in [0, 0.05) is 86.7 Å². The smallest absolute Gasteiger partial charge is 0.150 e. The number of hydrogen-bond donors (Lipinski definition) is 0. The SMILES string of the molecule is CC1(C)c2cc3c(cc2-c2c1cc(Br)c1oc4ccccc4c21)C(C)(C)c1cc(Br)c2oc4ccccc4c2c1-3.CC1(C)c2ccccc2-c2ccc(-c3cc4c(c5c3oc3ccccc35)-c3cc5c(cc3C4(C)C)-c3c(cc(-c4ccc6c(c4)C(C)(C)c4ccccc4-6)c4oc6ccccc6c34)C5(C)C)cc21. The van der Waals surface area contributed by atoms with Crippen LogP contribution in [0.4, 0.5) is 0 Å². The van der Waals surface area contributed by atoms with Crippen LogP contribution in [0.5, 0.6) is 0 Å². The lowest BCUT2D eigenvalue weighted by atomic mass is 9.78. The molecule has 6 aliphatic carbocycles. The molecule has 0 unspecified atom stereocenters. The summed E-state index contributed by atoms with van der Waals surface area (Å²) in [7, 11) is 0. The summed E-state index contributed by atoms with van der Waals surface area (Å²) in [6.07, 6.45) is 0. The third kappa shape index (κ3) is 7.80. The van der Waals surface area contributed by atoms with Crippen LogP contribution in [-0.2, 0) is 32.5 Å². The van der Waals surface area contributed by atoms with Crippen molar-refractivity contribution < 1.29 is 17.7 Å². The molecule has 0 amide bonds. The van der Waals surface area contributed by atoms with E-state index in [-0.39, 0.29) is 32.5 Å². The van der Waals surface area contributed by atoms with Gasteiger partial charge in [-0.15, -0.1) is 0 Å². The molecule has 6 heteroatoms. The van der Waals surface area contributed by atoms with Crippen molar-refractivity contribution in [3.63, 3.8) is 0 Å². The average molecular weight is 1520 g/mol. The van der Waals surface area contributed by atoms with Crippen molar-refractivity contribution in [2.24, 2.45) is 0 Å². The lowest BCUT2D eigenvalue weighted by Crippen LogP contribution is -2.17. The van der Waals surface area contributed by atoms with Crippen molar-refractivity contribution in [1.29, 1.82) is 0 Å². The van der Waals surface area contributed by atoms with Crippen molar-refractivity contribution >= 4 is 120 Å². The highest BCUT2D eigenvalue weighted by atomic mass is 79.9. The highest BCUT2D eigenvalue weighted by Gasteiger charge is 2.48. The van der Waals surface area contributed by atoms with Gasteiger partial charge in [0.2, 0.25) is 0 Å². The molecule has 24 rings (SSSR count). The van der Waals surface area contributed by atoms with Crippen molar-refractivity contribution in [2.45, 2.75) is 116 Å². The number of halogens is 2. The maximum absolute atomic E-state index is 7.05. The lowest BCUT2D eigenvalue weighted by molar-refractivity contribution is 0.648. The Kier molecular flexibility index (Phi) is 12.2. The highest BCUT2D eigenvalue weighted by molar-refractivity contribution is 9.11. The molecule has 4 heterocycles. The van der Waals surface area contributed by atoms with E-state index in [9.17, 15) is 0 Å². The van der Waals surface area contributed by atoms with E-state index in [0.717, 1.165) is 86.3 Å². The summed E-state index contributed by atoms with van der Waals surface area (Å²) in [6, 6.07) is 85.8. The van der Waals surface area contributed by atoms with Gasteiger partial charge < -0.3 is 17.7 Å². The Morgan fingerprint density at radius 2 is 0.444 bits per heavy atom. The molecule has 0 fully saturated rings. The minimum Gasteiger partial charge on any atom is -0.455 e. The molecule has 108 heavy (non-hydrogen) atoms. The normalized spacial score (nSPS) is 16.5. The summed E-state index contributed by atoms with van der Waals surface area (Å²) in [5.41, 5.74) is 43.1. The minimum absolute atomic E-state index is 0.109. The van der Waals surface area contributed by atoms with Crippen LogP contribution in [0.15, 0.2) is 257 Å². The number of fused-ring (bicyclic) bond motifs is 34. The maximum atomic E-state index is 7.05. The Balaban J connectivity index is 0.000000149. The van der Waals surface area contributed by atoms with Crippen LogP contribution in [0.2, 0.25) is 0 Å². The van der Waals surface area contributed by atoms with E-state index in [2.05, 4.69) is 333 Å². The van der Waals surface area contributed by atoms with Crippen LogP contribution in [0.3, 0.4) is 0 Å². The van der Waals surface area contributed by atoms with Crippen molar-refractivity contribution in [3.05, 3.63) is 306 Å². The molecule has 0 spiro atoms. The Morgan fingerprint density at radius 3 is 0.778 bits per heavy atom. The molecule has 0 saturated heterocycles. The molecule has 4 nitrogen and oxygen atoms in total. The van der Waals surface area contributed by atoms with Gasteiger partial charge in [-0.05, 0) is 261 Å². The van der Waals surface area contributed by atoms with E-state index in [1.54, 1.807) is 0 Å². The maximum Gasteiger partial charge on any atom is 0.150 e. The first kappa shape index (κ1) is 63.3. The van der Waals surface area contributed by atoms with Gasteiger partial charge in [0.15, 0.2) is 0 Å². The fraction of sp³-hybridized carbons (Fsp3) is 0.176. The van der Waals surface area contributed by atoms with E-state index in [1.807, 2.05) is 12.1 Å². The van der Waals surface area contributed by atoms with Gasteiger partial charge in [-0.3, -0.25) is 0 Å². The van der Waals surface area contributed by atoms with E-state index in [0.29, 0.717) is 0 Å². The second-order valence-electron chi connectivity index (χ2n) is 34.7. The zero-order valence-electron chi connectivity index (χ0n) is 62.3. The van der Waals surface area contributed by atoms with Crippen LogP contribution in [-0.4, -0.2) is 0 Å². The third-order valence-electron chi connectivity index (χ3n) is 27.1. The van der Waals surface area contributed by atoms with Crippen molar-refractivity contribution in [1.82, 2.24) is 0 Å². The zero-order valence-corrected chi connectivity index (χ0v) is 65.5. The van der Waals surface area contributed by atoms with E-state index < -0.39 is 0 Å². The van der Waals surface area contributed by atoms with Crippen LogP contribution in [0.25, 0.3) is 177 Å². The Hall–Kier alpha value is -10.8. The molecule has 4 aromatic heterocycles. The fourth-order valence-electron chi connectivity index (χ4n) is 21.5. The Labute approximate surface area is 643 Å². The first-order valence-corrected chi connectivity index (χ1v) is 39.7. The topological polar surface area (TPSA) is 52.6 Å². The van der Waals surface area contributed by atoms with Gasteiger partial charge in [-0.25, -0.2) is 0 Å². The molecular formula is C102H74Br2O4. The van der Waals surface area contributed by atoms with Crippen LogP contribution in [0, 0.1) is 0 Å². The molecule has 520 valence electrons. The van der Waals surface area contributed by atoms with E-state index in [4.69, 9.17) is 17.7 Å². The summed E-state index contributed by atoms with van der Waals surface area (Å²) in [5.74, 6) is 0. The summed E-state index contributed by atoms with van der Waals surface area (Å²) in [6.45, 7) is 28.6. The highest BCUT2D eigenvalue weighted by Crippen LogP contribution is 2.65. The second kappa shape index (κ2) is 20.7. The zero-order chi connectivity index (χ0) is 73.3. The van der Waals surface area contributed by atoms with E-state index in [1.165, 1.54) is 166 Å². The Bertz CT molecular complexity index is 6830. The van der Waals surface area contributed by atoms with Crippen molar-refractivity contribution in [3.8, 4) is 89.0 Å². The molecule has 0 saturated carbocycles. The molecule has 0 bridgehead atoms. The molecule has 6 aliphatic rings. The number of furan rings is 4. The first-order chi connectivity index (χ1) is 51.9. The third-order valence-corrected chi connectivity index (χ3v) is 28.2. The van der Waals surface area contributed by atoms with Gasteiger partial charge in [0.05, 0.1) is 8.95 Å². The summed E-state index contributed by atoms with van der Waals surface area (Å²) in [4.78, 5) is 0. The Morgan fingerprint density at radius 1 is 0.204 bits per heavy atom. The van der Waals surface area contributed by atoms with Gasteiger partial charge in [0.25, 0.3) is 0 Å². The minimum atomic E-state index is -0.299.